The zero-order valence-corrected chi connectivity index (χ0v) is 17.2. The molecule has 0 aromatic heterocycles. The van der Waals surface area contributed by atoms with Gasteiger partial charge < -0.3 is 9.26 Å². The van der Waals surface area contributed by atoms with E-state index in [-0.39, 0.29) is 5.41 Å². The predicted octanol–water partition coefficient (Wildman–Crippen LogP) is 3.90. The number of carbonyl (C=O) groups excluding carboxylic acids is 1. The van der Waals surface area contributed by atoms with Crippen molar-refractivity contribution in [2.45, 2.75) is 72.8 Å². The largest absolute Gasteiger partial charge is 0.467 e. The van der Waals surface area contributed by atoms with Crippen LogP contribution < -0.4 is 0 Å². The Morgan fingerprint density at radius 3 is 1.96 bits per heavy atom. The summed E-state index contributed by atoms with van der Waals surface area (Å²) in [4.78, 5) is 17.6. The van der Waals surface area contributed by atoms with E-state index in [9.17, 15) is 9.36 Å². The molecule has 7 heteroatoms. The van der Waals surface area contributed by atoms with Crippen molar-refractivity contribution in [3.8, 4) is 0 Å². The molecule has 0 N–H and O–H groups in total. The fraction of sp³-hybridized carbons (Fsp3) is 0.938. The Balaban J connectivity index is 5.88. The molecule has 6 nitrogen and oxygen atoms in total. The number of methoxy groups -OCH3 is 1. The lowest BCUT2D eigenvalue weighted by Gasteiger charge is -2.48. The molecular formula is C16H34NO5P. The smallest absolute Gasteiger partial charge is 0.336 e. The van der Waals surface area contributed by atoms with Crippen LogP contribution in [0.15, 0.2) is 0 Å². The van der Waals surface area contributed by atoms with Gasteiger partial charge in [-0.2, -0.15) is 5.06 Å². The first-order chi connectivity index (χ1) is 10.2. The Kier molecular flexibility index (Phi) is 7.96. The maximum atomic E-state index is 13.2. The SMILES string of the molecule is CCOP(C)(=O)C(N(OC(C)C(=O)OC)C(C)(C)C)C(C)(C)C. The maximum absolute atomic E-state index is 13.2. The summed E-state index contributed by atoms with van der Waals surface area (Å²) in [6.07, 6.45) is -0.800. The molecule has 0 radical (unpaired) electrons. The number of esters is 1. The molecule has 23 heavy (non-hydrogen) atoms. The van der Waals surface area contributed by atoms with Crippen molar-refractivity contribution in [3.05, 3.63) is 0 Å². The summed E-state index contributed by atoms with van der Waals surface area (Å²) in [5, 5.41) is 1.64. The van der Waals surface area contributed by atoms with Crippen LogP contribution in [0.1, 0.15) is 55.4 Å². The van der Waals surface area contributed by atoms with E-state index in [1.165, 1.54) is 7.11 Å². The summed E-state index contributed by atoms with van der Waals surface area (Å²) in [5.41, 5.74) is -0.869. The van der Waals surface area contributed by atoms with Crippen LogP contribution in [0.25, 0.3) is 0 Å². The van der Waals surface area contributed by atoms with Crippen molar-refractivity contribution in [3.63, 3.8) is 0 Å². The van der Waals surface area contributed by atoms with Crippen LogP contribution in [0.5, 0.6) is 0 Å². The third-order valence-corrected chi connectivity index (χ3v) is 5.94. The molecule has 3 atom stereocenters. The van der Waals surface area contributed by atoms with Crippen LogP contribution in [0.4, 0.5) is 0 Å². The average Bonchev–Trinajstić information content (AvgIpc) is 2.33. The predicted molar refractivity (Wildman–Crippen MR) is 92.6 cm³/mol. The monoisotopic (exact) mass is 351 g/mol. The highest BCUT2D eigenvalue weighted by Gasteiger charge is 2.48. The fourth-order valence-electron chi connectivity index (χ4n) is 2.53. The van der Waals surface area contributed by atoms with E-state index < -0.39 is 30.8 Å². The minimum atomic E-state index is -3.02. The van der Waals surface area contributed by atoms with Gasteiger partial charge in [-0.05, 0) is 40.0 Å². The van der Waals surface area contributed by atoms with Crippen LogP contribution in [0.3, 0.4) is 0 Å². The molecule has 0 aromatic carbocycles. The number of carbonyl (C=O) groups is 1. The number of nitrogens with zero attached hydrogens (tertiary/aromatic N) is 1. The van der Waals surface area contributed by atoms with Gasteiger partial charge in [0.05, 0.1) is 13.7 Å². The summed E-state index contributed by atoms with van der Waals surface area (Å²) in [6.45, 7) is 17.2. The first-order valence-electron chi connectivity index (χ1n) is 7.94. The van der Waals surface area contributed by atoms with Gasteiger partial charge in [-0.15, -0.1) is 0 Å². The van der Waals surface area contributed by atoms with Crippen molar-refractivity contribution in [1.82, 2.24) is 5.06 Å². The second-order valence-corrected chi connectivity index (χ2v) is 10.4. The third-order valence-electron chi connectivity index (χ3n) is 3.29. The maximum Gasteiger partial charge on any atom is 0.336 e. The van der Waals surface area contributed by atoms with Crippen molar-refractivity contribution in [1.29, 1.82) is 0 Å². The fourth-order valence-corrected chi connectivity index (χ4v) is 5.38. The van der Waals surface area contributed by atoms with E-state index in [1.807, 2.05) is 48.5 Å². The third kappa shape index (κ3) is 6.54. The minimum Gasteiger partial charge on any atom is -0.467 e. The summed E-state index contributed by atoms with van der Waals surface area (Å²) < 4.78 is 23.5. The Morgan fingerprint density at radius 1 is 1.17 bits per heavy atom. The van der Waals surface area contributed by atoms with E-state index in [1.54, 1.807) is 18.7 Å². The van der Waals surface area contributed by atoms with Crippen molar-refractivity contribution < 1.29 is 23.5 Å². The zero-order chi connectivity index (χ0) is 18.6. The lowest BCUT2D eigenvalue weighted by atomic mass is 9.94. The van der Waals surface area contributed by atoms with Crippen molar-refractivity contribution in [2.24, 2.45) is 5.41 Å². The van der Waals surface area contributed by atoms with E-state index in [2.05, 4.69) is 0 Å². The topological polar surface area (TPSA) is 65.1 Å². The highest BCUT2D eigenvalue weighted by atomic mass is 31.2. The number of rotatable bonds is 7. The van der Waals surface area contributed by atoms with Gasteiger partial charge in [-0.25, -0.2) is 4.79 Å². The van der Waals surface area contributed by atoms with Crippen LogP contribution in [0.2, 0.25) is 0 Å². The number of hydroxylamine groups is 2. The number of hydrogen-bond donors (Lipinski definition) is 0. The Bertz CT molecular complexity index is 439. The van der Waals surface area contributed by atoms with Crippen molar-refractivity contribution in [2.75, 3.05) is 20.4 Å². The molecular weight excluding hydrogens is 317 g/mol. The molecule has 0 bridgehead atoms. The van der Waals surface area contributed by atoms with Gasteiger partial charge in [0, 0.05) is 12.2 Å². The lowest BCUT2D eigenvalue weighted by Crippen LogP contribution is -2.54. The molecule has 0 fully saturated rings. The van der Waals surface area contributed by atoms with Gasteiger partial charge in [-0.1, -0.05) is 20.8 Å². The second kappa shape index (κ2) is 8.11. The molecule has 0 saturated heterocycles. The van der Waals surface area contributed by atoms with Crippen LogP contribution in [-0.2, 0) is 23.5 Å². The number of ether oxygens (including phenoxy) is 1. The highest BCUT2D eigenvalue weighted by Crippen LogP contribution is 2.57. The average molecular weight is 351 g/mol. The Morgan fingerprint density at radius 2 is 1.65 bits per heavy atom. The zero-order valence-electron chi connectivity index (χ0n) is 16.3. The molecule has 0 heterocycles. The molecule has 0 spiro atoms. The van der Waals surface area contributed by atoms with Gasteiger partial charge in [0.15, 0.2) is 6.10 Å². The van der Waals surface area contributed by atoms with E-state index in [0.29, 0.717) is 6.61 Å². The van der Waals surface area contributed by atoms with Crippen LogP contribution >= 0.6 is 7.37 Å². The molecule has 0 amide bonds. The van der Waals surface area contributed by atoms with Gasteiger partial charge in [0.25, 0.3) is 0 Å². The van der Waals surface area contributed by atoms with Gasteiger partial charge >= 0.3 is 5.97 Å². The van der Waals surface area contributed by atoms with E-state index in [4.69, 9.17) is 14.1 Å². The highest BCUT2D eigenvalue weighted by molar-refractivity contribution is 7.58. The molecule has 0 aromatic rings. The molecule has 0 saturated carbocycles. The Labute approximate surface area is 141 Å². The molecule has 0 rings (SSSR count). The van der Waals surface area contributed by atoms with Crippen LogP contribution in [-0.4, -0.2) is 48.8 Å². The quantitative estimate of drug-likeness (QED) is 0.394. The van der Waals surface area contributed by atoms with Gasteiger partial charge in [-0.3, -0.25) is 9.40 Å². The normalized spacial score (nSPS) is 18.4. The van der Waals surface area contributed by atoms with E-state index in [0.717, 1.165) is 0 Å². The summed E-state index contributed by atoms with van der Waals surface area (Å²) in [6, 6.07) is 0. The van der Waals surface area contributed by atoms with Crippen LogP contribution in [0, 0.1) is 5.41 Å². The lowest BCUT2D eigenvalue weighted by molar-refractivity contribution is -0.261. The Hall–Kier alpha value is -0.420. The molecule has 0 aliphatic carbocycles. The van der Waals surface area contributed by atoms with Gasteiger partial charge in [0.2, 0.25) is 7.37 Å². The summed E-state index contributed by atoms with van der Waals surface area (Å²) in [7, 11) is -1.71. The molecule has 138 valence electrons. The van der Waals surface area contributed by atoms with E-state index >= 15 is 0 Å². The number of hydrogen-bond acceptors (Lipinski definition) is 6. The molecule has 0 aliphatic heterocycles. The second-order valence-electron chi connectivity index (χ2n) is 7.83. The summed E-state index contributed by atoms with van der Waals surface area (Å²) >= 11 is 0. The molecule has 0 aliphatic rings. The van der Waals surface area contributed by atoms with Gasteiger partial charge in [0.1, 0.15) is 5.78 Å². The van der Waals surface area contributed by atoms with Crippen molar-refractivity contribution >= 4 is 13.3 Å². The molecule has 3 unspecified atom stereocenters. The summed E-state index contributed by atoms with van der Waals surface area (Å²) in [5.74, 6) is -0.990. The minimum absolute atomic E-state index is 0.352. The standard InChI is InChI=1S/C16H34NO5P/c1-11-21-23(10,19)14(15(3,4)5)17(16(6,7)8)22-12(2)13(18)20-9/h12,14H,11H2,1-10H3. The first-order valence-corrected chi connectivity index (χ1v) is 10.1. The first kappa shape index (κ1) is 22.6.